The molecule has 3 atom stereocenters. The second-order valence-corrected chi connectivity index (χ2v) is 6.76. The smallest absolute Gasteiger partial charge is 0.326 e. The maximum Gasteiger partial charge on any atom is 0.326 e. The quantitative estimate of drug-likeness (QED) is 0.924. The SMILES string of the molecule is O=C(O)C1CC2CCCCC2N1C(=O)c1cc(-n2cccn2)ccn1. The Balaban J connectivity index is 1.67. The average molecular weight is 340 g/mol. The molecular formula is C18H20N4O3. The highest BCUT2D eigenvalue weighted by atomic mass is 16.4. The Morgan fingerprint density at radius 2 is 2.04 bits per heavy atom. The van der Waals surface area contributed by atoms with E-state index < -0.39 is 12.0 Å². The lowest BCUT2D eigenvalue weighted by molar-refractivity contribution is -0.141. The minimum absolute atomic E-state index is 0.0116. The molecule has 1 aliphatic carbocycles. The van der Waals surface area contributed by atoms with E-state index in [0.29, 0.717) is 6.42 Å². The number of carbonyl (C=O) groups is 2. The summed E-state index contributed by atoms with van der Waals surface area (Å²) < 4.78 is 1.65. The van der Waals surface area contributed by atoms with Crippen molar-refractivity contribution in [3.05, 3.63) is 42.5 Å². The van der Waals surface area contributed by atoms with E-state index in [-0.39, 0.29) is 23.6 Å². The number of aromatic nitrogens is 3. The highest BCUT2D eigenvalue weighted by molar-refractivity contribution is 5.96. The molecule has 4 rings (SSSR count). The molecule has 1 saturated heterocycles. The molecule has 130 valence electrons. The number of carboxylic acids is 1. The molecule has 2 aromatic rings. The lowest BCUT2D eigenvalue weighted by Gasteiger charge is -2.32. The molecule has 3 heterocycles. The highest BCUT2D eigenvalue weighted by Crippen LogP contribution is 2.40. The van der Waals surface area contributed by atoms with E-state index in [0.717, 1.165) is 31.4 Å². The monoisotopic (exact) mass is 340 g/mol. The van der Waals surface area contributed by atoms with Gasteiger partial charge in [0.2, 0.25) is 0 Å². The van der Waals surface area contributed by atoms with Gasteiger partial charge in [0.25, 0.3) is 5.91 Å². The molecule has 2 fully saturated rings. The maximum absolute atomic E-state index is 13.1. The van der Waals surface area contributed by atoms with Crippen molar-refractivity contribution in [1.29, 1.82) is 0 Å². The van der Waals surface area contributed by atoms with Gasteiger partial charge in [-0.05, 0) is 43.4 Å². The Kier molecular flexibility index (Phi) is 3.99. The number of hydrogen-bond donors (Lipinski definition) is 1. The minimum atomic E-state index is -0.925. The highest BCUT2D eigenvalue weighted by Gasteiger charge is 2.47. The summed E-state index contributed by atoms with van der Waals surface area (Å²) in [6.07, 6.45) is 9.59. The largest absolute Gasteiger partial charge is 0.480 e. The van der Waals surface area contributed by atoms with Crippen LogP contribution < -0.4 is 0 Å². The minimum Gasteiger partial charge on any atom is -0.480 e. The van der Waals surface area contributed by atoms with Gasteiger partial charge in [-0.2, -0.15) is 5.10 Å². The number of likely N-dealkylation sites (tertiary alicyclic amines) is 1. The van der Waals surface area contributed by atoms with Crippen molar-refractivity contribution in [3.8, 4) is 5.69 Å². The second-order valence-electron chi connectivity index (χ2n) is 6.76. The van der Waals surface area contributed by atoms with Crippen LogP contribution in [0, 0.1) is 5.92 Å². The fourth-order valence-electron chi connectivity index (χ4n) is 4.21. The van der Waals surface area contributed by atoms with Gasteiger partial charge in [-0.25, -0.2) is 9.48 Å². The molecule has 0 spiro atoms. The first-order chi connectivity index (χ1) is 12.1. The standard InChI is InChI=1S/C18H20N4O3/c23-17(14-11-13(6-8-19-14)21-9-3-7-20-21)22-15-5-2-1-4-12(15)10-16(22)18(24)25/h3,6-9,11-12,15-16H,1-2,4-5,10H2,(H,24,25). The summed E-state index contributed by atoms with van der Waals surface area (Å²) in [6, 6.07) is 4.50. The average Bonchev–Trinajstić information content (AvgIpc) is 3.29. The van der Waals surface area contributed by atoms with Gasteiger partial charge >= 0.3 is 5.97 Å². The third-order valence-electron chi connectivity index (χ3n) is 5.34. The summed E-state index contributed by atoms with van der Waals surface area (Å²) in [7, 11) is 0. The molecule has 0 radical (unpaired) electrons. The molecule has 2 aliphatic rings. The Hall–Kier alpha value is -2.70. The Labute approximate surface area is 145 Å². The third-order valence-corrected chi connectivity index (χ3v) is 5.34. The molecule has 1 amide bonds. The van der Waals surface area contributed by atoms with E-state index in [1.165, 1.54) is 0 Å². The van der Waals surface area contributed by atoms with Crippen LogP contribution in [0.5, 0.6) is 0 Å². The van der Waals surface area contributed by atoms with Crippen LogP contribution in [0.3, 0.4) is 0 Å². The Bertz CT molecular complexity index is 789. The lowest BCUT2D eigenvalue weighted by atomic mass is 9.84. The van der Waals surface area contributed by atoms with E-state index in [2.05, 4.69) is 10.1 Å². The molecule has 1 N–H and O–H groups in total. The predicted molar refractivity (Wildman–Crippen MR) is 89.3 cm³/mol. The van der Waals surface area contributed by atoms with Crippen LogP contribution in [0.2, 0.25) is 0 Å². The van der Waals surface area contributed by atoms with Crippen molar-refractivity contribution in [1.82, 2.24) is 19.7 Å². The fraction of sp³-hybridized carbons (Fsp3) is 0.444. The van der Waals surface area contributed by atoms with Crippen molar-refractivity contribution in [3.63, 3.8) is 0 Å². The van der Waals surface area contributed by atoms with Gasteiger partial charge in [0.1, 0.15) is 11.7 Å². The van der Waals surface area contributed by atoms with Gasteiger partial charge in [0.05, 0.1) is 5.69 Å². The Morgan fingerprint density at radius 1 is 1.20 bits per heavy atom. The summed E-state index contributed by atoms with van der Waals surface area (Å²) in [4.78, 5) is 30.6. The number of pyridine rings is 1. The van der Waals surface area contributed by atoms with Crippen LogP contribution in [0.1, 0.15) is 42.6 Å². The van der Waals surface area contributed by atoms with Gasteiger partial charge in [-0.3, -0.25) is 9.78 Å². The molecule has 7 heteroatoms. The topological polar surface area (TPSA) is 88.3 Å². The molecule has 3 unspecified atom stereocenters. The number of fused-ring (bicyclic) bond motifs is 1. The van der Waals surface area contributed by atoms with E-state index in [1.807, 2.05) is 0 Å². The number of carbonyl (C=O) groups excluding carboxylic acids is 1. The maximum atomic E-state index is 13.1. The number of carboxylic acid groups (broad SMARTS) is 1. The number of rotatable bonds is 3. The number of aliphatic carboxylic acids is 1. The summed E-state index contributed by atoms with van der Waals surface area (Å²) in [5.41, 5.74) is 1.00. The first kappa shape index (κ1) is 15.8. The van der Waals surface area contributed by atoms with Gasteiger partial charge in [-0.15, -0.1) is 0 Å². The van der Waals surface area contributed by atoms with Crippen LogP contribution in [0.15, 0.2) is 36.8 Å². The van der Waals surface area contributed by atoms with Crippen LogP contribution in [0.25, 0.3) is 5.69 Å². The van der Waals surface area contributed by atoms with Crippen molar-refractivity contribution < 1.29 is 14.7 Å². The zero-order valence-corrected chi connectivity index (χ0v) is 13.8. The Morgan fingerprint density at radius 3 is 2.80 bits per heavy atom. The number of nitrogens with zero attached hydrogens (tertiary/aromatic N) is 4. The fourth-order valence-corrected chi connectivity index (χ4v) is 4.21. The molecular weight excluding hydrogens is 320 g/mol. The lowest BCUT2D eigenvalue weighted by Crippen LogP contribution is -2.46. The van der Waals surface area contributed by atoms with Crippen molar-refractivity contribution >= 4 is 11.9 Å². The van der Waals surface area contributed by atoms with E-state index in [1.54, 1.807) is 46.4 Å². The normalized spacial score (nSPS) is 25.6. The van der Waals surface area contributed by atoms with Gasteiger partial charge in [0.15, 0.2) is 0 Å². The number of amides is 1. The first-order valence-corrected chi connectivity index (χ1v) is 8.66. The molecule has 7 nitrogen and oxygen atoms in total. The predicted octanol–water partition coefficient (Wildman–Crippen LogP) is 2.13. The van der Waals surface area contributed by atoms with Crippen molar-refractivity contribution in [2.75, 3.05) is 0 Å². The second kappa shape index (κ2) is 6.31. The summed E-state index contributed by atoms with van der Waals surface area (Å²) in [6.45, 7) is 0. The molecule has 25 heavy (non-hydrogen) atoms. The zero-order chi connectivity index (χ0) is 17.4. The van der Waals surface area contributed by atoms with Gasteiger partial charge in [-0.1, -0.05) is 12.8 Å². The molecule has 0 aromatic carbocycles. The molecule has 1 aliphatic heterocycles. The zero-order valence-electron chi connectivity index (χ0n) is 13.8. The first-order valence-electron chi connectivity index (χ1n) is 8.66. The third kappa shape index (κ3) is 2.79. The van der Waals surface area contributed by atoms with Crippen molar-refractivity contribution in [2.24, 2.45) is 5.92 Å². The molecule has 2 aromatic heterocycles. The van der Waals surface area contributed by atoms with Gasteiger partial charge in [0, 0.05) is 24.6 Å². The summed E-state index contributed by atoms with van der Waals surface area (Å²) in [5, 5.41) is 13.8. The summed E-state index contributed by atoms with van der Waals surface area (Å²) >= 11 is 0. The van der Waals surface area contributed by atoms with E-state index in [4.69, 9.17) is 0 Å². The van der Waals surface area contributed by atoms with Crippen LogP contribution >= 0.6 is 0 Å². The molecule has 1 saturated carbocycles. The van der Waals surface area contributed by atoms with E-state index >= 15 is 0 Å². The van der Waals surface area contributed by atoms with Crippen molar-refractivity contribution in [2.45, 2.75) is 44.2 Å². The van der Waals surface area contributed by atoms with Gasteiger partial charge < -0.3 is 10.0 Å². The summed E-state index contributed by atoms with van der Waals surface area (Å²) in [5.74, 6) is -0.935. The number of hydrogen-bond acceptors (Lipinski definition) is 4. The van der Waals surface area contributed by atoms with Crippen LogP contribution in [-0.2, 0) is 4.79 Å². The van der Waals surface area contributed by atoms with Crippen LogP contribution in [0.4, 0.5) is 0 Å². The molecule has 0 bridgehead atoms. The van der Waals surface area contributed by atoms with Crippen LogP contribution in [-0.4, -0.2) is 48.7 Å². The van der Waals surface area contributed by atoms with E-state index in [9.17, 15) is 14.7 Å².